The number of anilines is 1. The van der Waals surface area contributed by atoms with Crippen LogP contribution in [0.2, 0.25) is 0 Å². The molecule has 10 heteroatoms. The van der Waals surface area contributed by atoms with Crippen LogP contribution in [0.3, 0.4) is 0 Å². The first-order valence-electron chi connectivity index (χ1n) is 11.3. The Morgan fingerprint density at radius 2 is 1.50 bits per heavy atom. The van der Waals surface area contributed by atoms with Crippen molar-refractivity contribution in [1.82, 2.24) is 4.57 Å². The fourth-order valence-electron chi connectivity index (χ4n) is 3.61. The van der Waals surface area contributed by atoms with Crippen molar-refractivity contribution in [2.24, 2.45) is 24.3 Å². The molecule has 34 heavy (non-hydrogen) atoms. The number of halogens is 2. The molecule has 0 saturated heterocycles. The summed E-state index contributed by atoms with van der Waals surface area (Å²) in [6.07, 6.45) is 1.14. The number of aromatic nitrogens is 2. The zero-order valence-corrected chi connectivity index (χ0v) is 29.2. The second-order valence-corrected chi connectivity index (χ2v) is 9.06. The summed E-state index contributed by atoms with van der Waals surface area (Å²) in [4.78, 5) is 2.45. The summed E-state index contributed by atoms with van der Waals surface area (Å²) < 4.78 is 5.34. The van der Waals surface area contributed by atoms with Crippen LogP contribution in [0.1, 0.15) is 19.2 Å². The molecule has 180 valence electrons. The minimum atomic E-state index is 0.847. The van der Waals surface area contributed by atoms with Crippen LogP contribution in [0.4, 0.5) is 17.1 Å². The van der Waals surface area contributed by atoms with Gasteiger partial charge in [0, 0.05) is 25.2 Å². The zero-order chi connectivity index (χ0) is 25.9. The van der Waals surface area contributed by atoms with Crippen LogP contribution in [-0.4, -0.2) is 49.8 Å². The summed E-state index contributed by atoms with van der Waals surface area (Å²) in [5.41, 5.74) is 5.34. The molecule has 0 bridgehead atoms. The van der Waals surface area contributed by atoms with Gasteiger partial charge in [-0.25, -0.2) is 9.13 Å². The number of rotatable bonds is 8. The van der Waals surface area contributed by atoms with Crippen LogP contribution in [0.15, 0.2) is 52.7 Å². The summed E-state index contributed by atoms with van der Waals surface area (Å²) in [6.45, 7) is 7.57. The molecule has 0 aliphatic rings. The van der Waals surface area contributed by atoms with Gasteiger partial charge in [-0.1, -0.05) is 6.92 Å². The second kappa shape index (κ2) is 15.3. The average Bonchev–Trinajstić information content (AvgIpc) is 3.06. The Morgan fingerprint density at radius 1 is 0.941 bits per heavy atom. The normalized spacial score (nSPS) is 11.0. The maximum atomic E-state index is 4.76. The molecule has 0 aliphatic heterocycles. The number of azo groups is 1. The van der Waals surface area contributed by atoms with E-state index in [9.17, 15) is 0 Å². The molecular formula is C24H36Cl2N6Zn2. The Bertz CT molecular complexity index is 1050. The molecule has 2 aromatic carbocycles. The molecule has 0 fully saturated rings. The number of aryl methyl sites for hydroxylation is 2. The van der Waals surface area contributed by atoms with E-state index < -0.39 is 0 Å². The van der Waals surface area contributed by atoms with Crippen molar-refractivity contribution in [1.29, 1.82) is 0 Å². The van der Waals surface area contributed by atoms with Gasteiger partial charge in [0.15, 0.2) is 11.0 Å². The summed E-state index contributed by atoms with van der Waals surface area (Å²) in [7, 11) is 20.4. The molecule has 6 nitrogen and oxygen atoms in total. The Morgan fingerprint density at radius 3 is 2.06 bits per heavy atom. The van der Waals surface area contributed by atoms with Crippen LogP contribution in [0.25, 0.3) is 11.0 Å². The van der Waals surface area contributed by atoms with Gasteiger partial charge in [0.25, 0.3) is 5.82 Å². The van der Waals surface area contributed by atoms with E-state index in [-0.39, 0.29) is 0 Å². The van der Waals surface area contributed by atoms with Crippen LogP contribution < -0.4 is 9.47 Å². The topological polar surface area (TPSA) is 36.8 Å². The first-order chi connectivity index (χ1) is 16.2. The molecule has 0 saturated carbocycles. The quantitative estimate of drug-likeness (QED) is 0.133. The Labute approximate surface area is 233 Å². The summed E-state index contributed by atoms with van der Waals surface area (Å²) in [6, 6.07) is 14.6. The third-order valence-electron chi connectivity index (χ3n) is 5.68. The monoisotopic (exact) mass is 606 g/mol. The number of nitrogens with zero attached hydrogens (tertiary/aromatic N) is 6. The molecule has 0 spiro atoms. The van der Waals surface area contributed by atoms with Crippen molar-refractivity contribution in [3.05, 3.63) is 48.3 Å². The Hall–Kier alpha value is -0.903. The molecular weight excluding hydrogens is 574 g/mol. The van der Waals surface area contributed by atoms with Crippen molar-refractivity contribution >= 4 is 47.5 Å². The standard InChI is InChI=1S/C24H36N6.2ClH.2Zn/c1-8-15-29(16-17-30(5,6)7)22-12-9-20(10-13-22)25-26-21-11-14-23-24(18-21)28(4)19(2)27(23)3;;;;/h9-14,18H,8,15-17H2,1-7H3;2*1H;;/q+2;;;;/p-2. The Kier molecular flexibility index (Phi) is 14.0. The van der Waals surface area contributed by atoms with Crippen molar-refractivity contribution in [3.63, 3.8) is 0 Å². The molecule has 0 amide bonds. The van der Waals surface area contributed by atoms with Gasteiger partial charge >= 0.3 is 54.0 Å². The number of likely N-dealkylation sites (N-methyl/N-ethyl adjacent to an activating group) is 1. The molecule has 3 rings (SSSR count). The van der Waals surface area contributed by atoms with E-state index in [1.807, 2.05) is 6.07 Å². The number of hydrogen-bond acceptors (Lipinski definition) is 3. The van der Waals surface area contributed by atoms with Crippen molar-refractivity contribution in [3.8, 4) is 0 Å². The fourth-order valence-corrected chi connectivity index (χ4v) is 3.61. The van der Waals surface area contributed by atoms with Gasteiger partial charge in [-0.2, -0.15) is 10.2 Å². The molecule has 0 radical (unpaired) electrons. The SMILES string of the molecule is CCCN(CC[N+](C)(C)C)c1ccc(N=Nc2ccc3c(c2)[n+](C)c(C)n3C)cc1.[Cl][Zn-].[Cl][Zn-]. The third kappa shape index (κ3) is 8.95. The van der Waals surface area contributed by atoms with E-state index in [4.69, 9.17) is 19.4 Å². The van der Waals surface area contributed by atoms with Crippen molar-refractivity contribution in [2.45, 2.75) is 20.3 Å². The van der Waals surface area contributed by atoms with Crippen LogP contribution in [0, 0.1) is 6.92 Å². The van der Waals surface area contributed by atoms with Gasteiger partial charge in [0.1, 0.15) is 0 Å². The first kappa shape index (κ1) is 31.1. The van der Waals surface area contributed by atoms with Crippen LogP contribution >= 0.6 is 19.4 Å². The number of benzene rings is 2. The predicted octanol–water partition coefficient (Wildman–Crippen LogP) is 6.02. The molecule has 0 unspecified atom stereocenters. The van der Waals surface area contributed by atoms with Gasteiger partial charge in [-0.05, 0) is 42.8 Å². The van der Waals surface area contributed by atoms with Crippen LogP contribution in [0.5, 0.6) is 0 Å². The summed E-state index contributed by atoms with van der Waals surface area (Å²) in [5, 5.41) is 8.93. The maximum absolute atomic E-state index is 4.76. The molecule has 3 aromatic rings. The minimum absolute atomic E-state index is 0.847. The number of fused-ring (bicyclic) bond motifs is 1. The first-order valence-corrected chi connectivity index (χ1v) is 19.0. The van der Waals surface area contributed by atoms with Gasteiger partial charge in [0.2, 0.25) is 0 Å². The zero-order valence-electron chi connectivity index (χ0n) is 21.7. The van der Waals surface area contributed by atoms with E-state index in [0.29, 0.717) is 0 Å². The van der Waals surface area contributed by atoms with E-state index >= 15 is 0 Å². The molecule has 0 N–H and O–H groups in total. The van der Waals surface area contributed by atoms with Crippen molar-refractivity contribution < 1.29 is 43.7 Å². The van der Waals surface area contributed by atoms with E-state index in [1.165, 1.54) is 17.0 Å². The van der Waals surface area contributed by atoms with Crippen molar-refractivity contribution in [2.75, 3.05) is 45.7 Å². The fraction of sp³-hybridized carbons (Fsp3) is 0.458. The van der Waals surface area contributed by atoms with Crippen LogP contribution in [-0.2, 0) is 48.7 Å². The number of hydrogen-bond donors (Lipinski definition) is 0. The number of quaternary nitrogens is 1. The third-order valence-corrected chi connectivity index (χ3v) is 5.68. The molecule has 1 heterocycles. The molecule has 1 aromatic heterocycles. The molecule has 0 atom stereocenters. The molecule has 0 aliphatic carbocycles. The number of imidazole rings is 1. The van der Waals surface area contributed by atoms with E-state index in [2.05, 4.69) is 110 Å². The Balaban J connectivity index is 0.00000137. The predicted molar refractivity (Wildman–Crippen MR) is 137 cm³/mol. The van der Waals surface area contributed by atoms with Gasteiger partial charge in [-0.3, -0.25) is 0 Å². The summed E-state index contributed by atoms with van der Waals surface area (Å²) >= 11 is 1.69. The van der Waals surface area contributed by atoms with E-state index in [0.717, 1.165) is 82.1 Å². The second-order valence-electron chi connectivity index (χ2n) is 9.06. The summed E-state index contributed by atoms with van der Waals surface area (Å²) in [5.74, 6) is 1.21. The van der Waals surface area contributed by atoms with E-state index in [1.54, 1.807) is 0 Å². The van der Waals surface area contributed by atoms with Gasteiger partial charge < -0.3 is 9.38 Å². The van der Waals surface area contributed by atoms with Gasteiger partial charge in [0.05, 0.1) is 59.7 Å². The van der Waals surface area contributed by atoms with Gasteiger partial charge in [-0.15, -0.1) is 0 Å². The average molecular weight is 610 g/mol.